The summed E-state index contributed by atoms with van der Waals surface area (Å²) in [5.74, 6) is 1.44. The number of sulfonamides is 1. The minimum absolute atomic E-state index is 0. The van der Waals surface area contributed by atoms with Crippen molar-refractivity contribution in [2.24, 2.45) is 10.9 Å². The highest BCUT2D eigenvalue weighted by molar-refractivity contribution is 14.0. The Morgan fingerprint density at radius 1 is 1.19 bits per heavy atom. The molecule has 0 aliphatic carbocycles. The van der Waals surface area contributed by atoms with Gasteiger partial charge in [0, 0.05) is 39.3 Å². The molecule has 0 aromatic heterocycles. The zero-order valence-electron chi connectivity index (χ0n) is 16.2. The molecule has 27 heavy (non-hydrogen) atoms. The van der Waals surface area contributed by atoms with E-state index in [0.717, 1.165) is 51.4 Å². The number of fused-ring (bicyclic) bond motifs is 1. The fourth-order valence-electron chi connectivity index (χ4n) is 3.74. The summed E-state index contributed by atoms with van der Waals surface area (Å²) in [6.45, 7) is 6.82. The van der Waals surface area contributed by atoms with Crippen LogP contribution >= 0.6 is 24.0 Å². The quantitative estimate of drug-likeness (QED) is 0.387. The molecule has 1 N–H and O–H groups in total. The van der Waals surface area contributed by atoms with Gasteiger partial charge in [0.1, 0.15) is 0 Å². The molecule has 1 fully saturated rings. The van der Waals surface area contributed by atoms with Crippen molar-refractivity contribution in [1.29, 1.82) is 0 Å². The van der Waals surface area contributed by atoms with Crippen LogP contribution in [0, 0.1) is 5.92 Å². The van der Waals surface area contributed by atoms with Gasteiger partial charge in [-0.15, -0.1) is 24.0 Å². The highest BCUT2D eigenvalue weighted by Crippen LogP contribution is 2.21. The average molecular weight is 506 g/mol. The first-order valence-corrected chi connectivity index (χ1v) is 11.4. The van der Waals surface area contributed by atoms with Gasteiger partial charge in [-0.25, -0.2) is 12.7 Å². The normalized spacial score (nSPS) is 19.3. The molecule has 0 amide bonds. The van der Waals surface area contributed by atoms with Crippen LogP contribution in [-0.4, -0.2) is 62.6 Å². The Kier molecular flexibility index (Phi) is 8.36. The van der Waals surface area contributed by atoms with Gasteiger partial charge >= 0.3 is 0 Å². The molecule has 152 valence electrons. The Bertz CT molecular complexity index is 746. The van der Waals surface area contributed by atoms with Gasteiger partial charge in [0.25, 0.3) is 0 Å². The molecular formula is C19H31IN4O2S. The van der Waals surface area contributed by atoms with Crippen molar-refractivity contribution >= 4 is 40.0 Å². The summed E-state index contributed by atoms with van der Waals surface area (Å²) >= 11 is 0. The van der Waals surface area contributed by atoms with Crippen molar-refractivity contribution < 1.29 is 8.42 Å². The van der Waals surface area contributed by atoms with Gasteiger partial charge in [0.15, 0.2) is 5.96 Å². The van der Waals surface area contributed by atoms with Crippen LogP contribution in [0.2, 0.25) is 0 Å². The van der Waals surface area contributed by atoms with Crippen molar-refractivity contribution in [3.05, 3.63) is 35.4 Å². The van der Waals surface area contributed by atoms with Crippen LogP contribution in [0.4, 0.5) is 0 Å². The number of halogens is 1. The SMILES string of the molecule is CCNC(=NCC1CCN(S(C)(=O)=O)CC1)N1CCc2ccccc2C1.I. The van der Waals surface area contributed by atoms with Crippen LogP contribution in [-0.2, 0) is 23.0 Å². The fourth-order valence-corrected chi connectivity index (χ4v) is 4.62. The molecule has 2 heterocycles. The number of piperidine rings is 1. The van der Waals surface area contributed by atoms with Gasteiger partial charge in [-0.1, -0.05) is 24.3 Å². The summed E-state index contributed by atoms with van der Waals surface area (Å²) in [4.78, 5) is 7.22. The van der Waals surface area contributed by atoms with Crippen LogP contribution < -0.4 is 5.32 Å². The summed E-state index contributed by atoms with van der Waals surface area (Å²) < 4.78 is 24.8. The summed E-state index contributed by atoms with van der Waals surface area (Å²) in [5.41, 5.74) is 2.82. The minimum atomic E-state index is -3.06. The lowest BCUT2D eigenvalue weighted by molar-refractivity contribution is 0.279. The van der Waals surface area contributed by atoms with E-state index in [0.29, 0.717) is 19.0 Å². The van der Waals surface area contributed by atoms with Gasteiger partial charge in [-0.05, 0) is 43.2 Å². The first kappa shape index (κ1) is 22.4. The molecule has 1 aromatic carbocycles. The molecular weight excluding hydrogens is 475 g/mol. The number of aliphatic imine (C=N–C) groups is 1. The maximum absolute atomic E-state index is 11.6. The van der Waals surface area contributed by atoms with E-state index in [1.54, 1.807) is 4.31 Å². The number of hydrogen-bond acceptors (Lipinski definition) is 3. The molecule has 8 heteroatoms. The van der Waals surface area contributed by atoms with Gasteiger partial charge in [0.2, 0.25) is 10.0 Å². The van der Waals surface area contributed by atoms with E-state index in [1.165, 1.54) is 17.4 Å². The number of guanidine groups is 1. The monoisotopic (exact) mass is 506 g/mol. The largest absolute Gasteiger partial charge is 0.357 e. The maximum atomic E-state index is 11.6. The van der Waals surface area contributed by atoms with Crippen molar-refractivity contribution in [1.82, 2.24) is 14.5 Å². The van der Waals surface area contributed by atoms with E-state index in [9.17, 15) is 8.42 Å². The smallest absolute Gasteiger partial charge is 0.211 e. The molecule has 3 rings (SSSR count). The van der Waals surface area contributed by atoms with Crippen LogP contribution in [0.3, 0.4) is 0 Å². The fraction of sp³-hybridized carbons (Fsp3) is 0.632. The average Bonchev–Trinajstić information content (AvgIpc) is 2.64. The minimum Gasteiger partial charge on any atom is -0.357 e. The summed E-state index contributed by atoms with van der Waals surface area (Å²) in [6.07, 6.45) is 4.12. The van der Waals surface area contributed by atoms with E-state index in [-0.39, 0.29) is 24.0 Å². The summed E-state index contributed by atoms with van der Waals surface area (Å²) in [5, 5.41) is 3.43. The number of rotatable bonds is 4. The zero-order valence-corrected chi connectivity index (χ0v) is 19.4. The highest BCUT2D eigenvalue weighted by Gasteiger charge is 2.25. The molecule has 6 nitrogen and oxygen atoms in total. The molecule has 0 atom stereocenters. The topological polar surface area (TPSA) is 65.0 Å². The van der Waals surface area contributed by atoms with Gasteiger partial charge in [-0.3, -0.25) is 4.99 Å². The lowest BCUT2D eigenvalue weighted by atomic mass is 9.98. The molecule has 2 aliphatic rings. The molecule has 0 unspecified atom stereocenters. The first-order valence-electron chi connectivity index (χ1n) is 9.52. The molecule has 0 spiro atoms. The van der Waals surface area contributed by atoms with Gasteiger partial charge in [0.05, 0.1) is 6.26 Å². The highest BCUT2D eigenvalue weighted by atomic mass is 127. The molecule has 0 saturated carbocycles. The Labute approximate surface area is 180 Å². The second kappa shape index (κ2) is 10.1. The zero-order chi connectivity index (χ0) is 18.6. The van der Waals surface area contributed by atoms with Crippen LogP contribution in [0.25, 0.3) is 0 Å². The number of benzene rings is 1. The lowest BCUT2D eigenvalue weighted by Gasteiger charge is -2.33. The van der Waals surface area contributed by atoms with E-state index in [4.69, 9.17) is 4.99 Å². The Hall–Kier alpha value is -0.870. The third kappa shape index (κ3) is 6.05. The van der Waals surface area contributed by atoms with Crippen LogP contribution in [0.15, 0.2) is 29.3 Å². The Morgan fingerprint density at radius 3 is 2.48 bits per heavy atom. The lowest BCUT2D eigenvalue weighted by Crippen LogP contribution is -2.44. The standard InChI is InChI=1S/C19H30N4O2S.HI/c1-3-20-19(22-11-10-17-6-4-5-7-18(17)15-22)21-14-16-8-12-23(13-9-16)26(2,24)25;/h4-7,16H,3,8-15H2,1-2H3,(H,20,21);1H. The van der Waals surface area contributed by atoms with Gasteiger partial charge < -0.3 is 10.2 Å². The van der Waals surface area contributed by atoms with Crippen molar-refractivity contribution in [2.75, 3.05) is 39.0 Å². The maximum Gasteiger partial charge on any atom is 0.211 e. The Morgan fingerprint density at radius 2 is 1.85 bits per heavy atom. The predicted molar refractivity (Wildman–Crippen MR) is 121 cm³/mol. The van der Waals surface area contributed by atoms with Crippen molar-refractivity contribution in [3.8, 4) is 0 Å². The second-order valence-electron chi connectivity index (χ2n) is 7.24. The number of nitrogens with one attached hydrogen (secondary N) is 1. The van der Waals surface area contributed by atoms with E-state index in [1.807, 2.05) is 0 Å². The molecule has 1 saturated heterocycles. The van der Waals surface area contributed by atoms with E-state index in [2.05, 4.69) is 41.4 Å². The summed E-state index contributed by atoms with van der Waals surface area (Å²) in [7, 11) is -3.06. The molecule has 1 aromatic rings. The molecule has 2 aliphatic heterocycles. The summed E-state index contributed by atoms with van der Waals surface area (Å²) in [6, 6.07) is 8.62. The van der Waals surface area contributed by atoms with Crippen LogP contribution in [0.1, 0.15) is 30.9 Å². The number of hydrogen-bond donors (Lipinski definition) is 1. The Balaban J connectivity index is 0.00000261. The van der Waals surface area contributed by atoms with E-state index < -0.39 is 10.0 Å². The predicted octanol–water partition coefficient (Wildman–Crippen LogP) is 2.30. The second-order valence-corrected chi connectivity index (χ2v) is 9.22. The van der Waals surface area contributed by atoms with Crippen molar-refractivity contribution in [3.63, 3.8) is 0 Å². The van der Waals surface area contributed by atoms with Crippen molar-refractivity contribution in [2.45, 2.75) is 32.7 Å². The third-order valence-corrected chi connectivity index (χ3v) is 6.61. The first-order chi connectivity index (χ1) is 12.5. The van der Waals surface area contributed by atoms with E-state index >= 15 is 0 Å². The van der Waals surface area contributed by atoms with Crippen LogP contribution in [0.5, 0.6) is 0 Å². The van der Waals surface area contributed by atoms with Gasteiger partial charge in [-0.2, -0.15) is 0 Å². The molecule has 0 radical (unpaired) electrons. The number of nitrogens with zero attached hydrogens (tertiary/aromatic N) is 3. The molecule has 0 bridgehead atoms. The third-order valence-electron chi connectivity index (χ3n) is 5.31.